The van der Waals surface area contributed by atoms with Gasteiger partial charge in [-0.15, -0.1) is 0 Å². The van der Waals surface area contributed by atoms with Gasteiger partial charge in [0.05, 0.1) is 34.9 Å². The van der Waals surface area contributed by atoms with Crippen molar-refractivity contribution in [3.05, 3.63) is 94.6 Å². The third kappa shape index (κ3) is 4.04. The molecule has 0 spiro atoms. The van der Waals surface area contributed by atoms with Crippen molar-refractivity contribution in [3.63, 3.8) is 0 Å². The SMILES string of the molecule is Cc1ccnc(C(=O)C23Cc4cnn(-c5ccc(F)cc5)c4C=C2CCN(S(=O)(=O)c2cnn(C)c2C)C3)c1. The van der Waals surface area contributed by atoms with Crippen LogP contribution in [0, 0.1) is 25.1 Å². The highest BCUT2D eigenvalue weighted by molar-refractivity contribution is 7.89. The Hall–Kier alpha value is -3.96. The first-order valence-corrected chi connectivity index (χ1v) is 14.0. The molecular formula is C28H27FN6O3S. The molecule has 1 saturated heterocycles. The van der Waals surface area contributed by atoms with Crippen molar-refractivity contribution < 1.29 is 17.6 Å². The number of pyridine rings is 1. The summed E-state index contributed by atoms with van der Waals surface area (Å²) in [6, 6.07) is 9.61. The zero-order chi connectivity index (χ0) is 27.5. The van der Waals surface area contributed by atoms with Crippen LogP contribution in [0.1, 0.15) is 39.4 Å². The summed E-state index contributed by atoms with van der Waals surface area (Å²) in [7, 11) is -2.21. The topological polar surface area (TPSA) is 103 Å². The van der Waals surface area contributed by atoms with E-state index in [0.717, 1.165) is 22.4 Å². The monoisotopic (exact) mass is 546 g/mol. The molecule has 2 aliphatic rings. The van der Waals surface area contributed by atoms with E-state index < -0.39 is 15.4 Å². The average Bonchev–Trinajstić information content (AvgIpc) is 3.49. The summed E-state index contributed by atoms with van der Waals surface area (Å²) in [5.41, 5.74) is 3.71. The van der Waals surface area contributed by atoms with Crippen molar-refractivity contribution in [2.45, 2.75) is 31.6 Å². The van der Waals surface area contributed by atoms with Gasteiger partial charge < -0.3 is 0 Å². The fraction of sp³-hybridized carbons (Fsp3) is 0.286. The fourth-order valence-corrected chi connectivity index (χ4v) is 7.27. The second kappa shape index (κ2) is 9.06. The van der Waals surface area contributed by atoms with E-state index in [2.05, 4.69) is 15.2 Å². The Morgan fingerprint density at radius 2 is 1.85 bits per heavy atom. The van der Waals surface area contributed by atoms with E-state index in [9.17, 15) is 17.6 Å². The van der Waals surface area contributed by atoms with Gasteiger partial charge in [0.2, 0.25) is 10.0 Å². The third-order valence-corrected chi connectivity index (χ3v) is 9.79. The van der Waals surface area contributed by atoms with E-state index in [4.69, 9.17) is 0 Å². The Morgan fingerprint density at radius 3 is 2.54 bits per heavy atom. The van der Waals surface area contributed by atoms with E-state index >= 15 is 0 Å². The molecule has 1 fully saturated rings. The quantitative estimate of drug-likeness (QED) is 0.354. The fourth-order valence-electron chi connectivity index (χ4n) is 5.59. The molecule has 39 heavy (non-hydrogen) atoms. The summed E-state index contributed by atoms with van der Waals surface area (Å²) in [4.78, 5) is 18.8. The minimum Gasteiger partial charge on any atom is -0.291 e. The molecule has 1 aliphatic carbocycles. The Bertz CT molecular complexity index is 1760. The summed E-state index contributed by atoms with van der Waals surface area (Å²) in [6.45, 7) is 3.80. The van der Waals surface area contributed by atoms with Gasteiger partial charge in [0.1, 0.15) is 16.4 Å². The number of halogens is 1. The molecule has 6 rings (SSSR count). The zero-order valence-corrected chi connectivity index (χ0v) is 22.6. The van der Waals surface area contributed by atoms with Crippen LogP contribution in [0.25, 0.3) is 11.8 Å². The van der Waals surface area contributed by atoms with Gasteiger partial charge in [0.25, 0.3) is 0 Å². The number of hydrogen-bond donors (Lipinski definition) is 0. The number of rotatable bonds is 5. The predicted molar refractivity (Wildman–Crippen MR) is 142 cm³/mol. The lowest BCUT2D eigenvalue weighted by atomic mass is 9.65. The van der Waals surface area contributed by atoms with Crippen LogP contribution in [0.5, 0.6) is 0 Å². The molecule has 0 N–H and O–H groups in total. The van der Waals surface area contributed by atoms with Crippen molar-refractivity contribution in [1.82, 2.24) is 28.9 Å². The number of aryl methyl sites for hydroxylation is 2. The van der Waals surface area contributed by atoms with Crippen LogP contribution in [0.4, 0.5) is 4.39 Å². The van der Waals surface area contributed by atoms with Crippen LogP contribution in [-0.4, -0.2) is 56.1 Å². The zero-order valence-electron chi connectivity index (χ0n) is 21.8. The molecule has 200 valence electrons. The smallest absolute Gasteiger partial charge is 0.246 e. The number of piperidine rings is 1. The van der Waals surface area contributed by atoms with Gasteiger partial charge in [-0.25, -0.2) is 17.5 Å². The summed E-state index contributed by atoms with van der Waals surface area (Å²) in [5, 5.41) is 8.67. The summed E-state index contributed by atoms with van der Waals surface area (Å²) in [5.74, 6) is -0.564. The van der Waals surface area contributed by atoms with Crippen LogP contribution in [0.15, 0.2) is 65.5 Å². The molecule has 1 unspecified atom stereocenters. The van der Waals surface area contributed by atoms with Crippen molar-refractivity contribution >= 4 is 21.9 Å². The minimum absolute atomic E-state index is 0.0227. The average molecular weight is 547 g/mol. The van der Waals surface area contributed by atoms with Gasteiger partial charge in [-0.05, 0) is 80.3 Å². The van der Waals surface area contributed by atoms with Gasteiger partial charge in [-0.2, -0.15) is 14.5 Å². The van der Waals surface area contributed by atoms with E-state index in [1.165, 1.54) is 27.3 Å². The standard InChI is InChI=1S/C28H27FN6O3S/c1-18-8-10-30-24(12-18)27(36)28-14-20-15-32-35(23-6-4-22(29)5-7-23)25(20)13-21(28)9-11-34(17-28)39(37,38)26-16-31-33(3)19(26)2/h4-8,10,12-13,15-16H,9,11,14,17H2,1-3H3. The van der Waals surface area contributed by atoms with Gasteiger partial charge in [0.15, 0.2) is 5.78 Å². The Labute approximate surface area is 225 Å². The molecule has 0 amide bonds. The molecule has 0 saturated carbocycles. The molecule has 11 heteroatoms. The van der Waals surface area contributed by atoms with Crippen molar-refractivity contribution in [2.75, 3.05) is 13.1 Å². The minimum atomic E-state index is -3.91. The van der Waals surface area contributed by atoms with Gasteiger partial charge in [0, 0.05) is 26.3 Å². The number of Topliss-reactive ketones (excluding diaryl/α,β-unsaturated/α-hetero) is 1. The molecule has 1 atom stereocenters. The maximum absolute atomic E-state index is 14.3. The molecule has 0 bridgehead atoms. The molecule has 0 radical (unpaired) electrons. The summed E-state index contributed by atoms with van der Waals surface area (Å²) < 4.78 is 45.8. The molecular weight excluding hydrogens is 519 g/mol. The Balaban J connectivity index is 1.47. The summed E-state index contributed by atoms with van der Waals surface area (Å²) in [6.07, 6.45) is 7.23. The first-order valence-electron chi connectivity index (χ1n) is 12.6. The van der Waals surface area contributed by atoms with Crippen molar-refractivity contribution in [2.24, 2.45) is 12.5 Å². The molecule has 9 nitrogen and oxygen atoms in total. The van der Waals surface area contributed by atoms with E-state index in [1.54, 1.807) is 49.2 Å². The number of nitrogens with zero attached hydrogens (tertiary/aromatic N) is 6. The highest BCUT2D eigenvalue weighted by Crippen LogP contribution is 2.47. The van der Waals surface area contributed by atoms with Crippen LogP contribution in [0.2, 0.25) is 0 Å². The molecule has 1 aromatic carbocycles. The number of benzene rings is 1. The largest absolute Gasteiger partial charge is 0.291 e. The lowest BCUT2D eigenvalue weighted by Crippen LogP contribution is -2.53. The van der Waals surface area contributed by atoms with Crippen LogP contribution in [-0.2, 0) is 23.5 Å². The molecule has 4 heterocycles. The highest BCUT2D eigenvalue weighted by Gasteiger charge is 2.51. The van der Waals surface area contributed by atoms with Crippen LogP contribution >= 0.6 is 0 Å². The Morgan fingerprint density at radius 1 is 1.08 bits per heavy atom. The van der Waals surface area contributed by atoms with Crippen LogP contribution in [0.3, 0.4) is 0 Å². The van der Waals surface area contributed by atoms with Crippen molar-refractivity contribution in [1.29, 1.82) is 0 Å². The number of fused-ring (bicyclic) bond motifs is 2. The number of aromatic nitrogens is 5. The third-order valence-electron chi connectivity index (χ3n) is 7.84. The normalized spacial score (nSPS) is 19.3. The second-order valence-electron chi connectivity index (χ2n) is 10.2. The lowest BCUT2D eigenvalue weighted by molar-refractivity contribution is 0.0770. The first kappa shape index (κ1) is 25.3. The number of hydrogen-bond acceptors (Lipinski definition) is 6. The maximum atomic E-state index is 14.3. The van der Waals surface area contributed by atoms with Gasteiger partial charge in [-0.1, -0.05) is 5.57 Å². The van der Waals surface area contributed by atoms with E-state index in [-0.39, 0.29) is 36.0 Å². The van der Waals surface area contributed by atoms with Gasteiger partial charge in [-0.3, -0.25) is 14.5 Å². The second-order valence-corrected chi connectivity index (χ2v) is 12.1. The van der Waals surface area contributed by atoms with Crippen molar-refractivity contribution in [3.8, 4) is 5.69 Å². The molecule has 3 aromatic heterocycles. The number of carbonyl (C=O) groups is 1. The maximum Gasteiger partial charge on any atom is 0.246 e. The lowest BCUT2D eigenvalue weighted by Gasteiger charge is -2.44. The first-order chi connectivity index (χ1) is 18.6. The number of sulfonamides is 1. The predicted octanol–water partition coefficient (Wildman–Crippen LogP) is 3.66. The number of ketones is 1. The van der Waals surface area contributed by atoms with E-state index in [1.807, 2.05) is 19.1 Å². The van der Waals surface area contributed by atoms with E-state index in [0.29, 0.717) is 23.5 Å². The van der Waals surface area contributed by atoms with Gasteiger partial charge >= 0.3 is 0 Å². The summed E-state index contributed by atoms with van der Waals surface area (Å²) >= 11 is 0. The molecule has 4 aromatic rings. The Kier molecular flexibility index (Phi) is 5.88. The highest BCUT2D eigenvalue weighted by atomic mass is 32.2. The molecule has 1 aliphatic heterocycles. The number of carbonyl (C=O) groups excluding carboxylic acids is 1. The van der Waals surface area contributed by atoms with Crippen LogP contribution < -0.4 is 0 Å².